The van der Waals surface area contributed by atoms with Crippen molar-refractivity contribution in [2.24, 2.45) is 51.8 Å². The molecule has 0 aromatic rings. The van der Waals surface area contributed by atoms with Crippen molar-refractivity contribution in [2.75, 3.05) is 6.54 Å². The lowest BCUT2D eigenvalue weighted by molar-refractivity contribution is -0.134. The number of Topliss-reactive ketones (excluding diaryl/α,β-unsaturated/α-hetero) is 2. The van der Waals surface area contributed by atoms with E-state index in [1.165, 1.54) is 0 Å². The predicted octanol–water partition coefficient (Wildman–Crippen LogP) is 1.91. The highest BCUT2D eigenvalue weighted by atomic mass is 16.2. The molecule has 0 unspecified atom stereocenters. The minimum atomic E-state index is -0.707. The van der Waals surface area contributed by atoms with Crippen LogP contribution in [0.3, 0.4) is 0 Å². The van der Waals surface area contributed by atoms with Crippen LogP contribution in [-0.4, -0.2) is 41.9 Å². The summed E-state index contributed by atoms with van der Waals surface area (Å²) in [7, 11) is 0. The Bertz CT molecular complexity index is 686. The van der Waals surface area contributed by atoms with Crippen LogP contribution in [-0.2, 0) is 19.2 Å². The summed E-state index contributed by atoms with van der Waals surface area (Å²) in [6, 6.07) is -0.707. The molecule has 0 aliphatic carbocycles. The van der Waals surface area contributed by atoms with Gasteiger partial charge in [0.1, 0.15) is 5.78 Å². The normalized spacial score (nSPS) is 14.9. The standard InChI is InChI=1S/C24H45N5O4/c1-14(2)10-18(13-20(30)16(5)8-7-9-28-24(26)27)23(33)29-19(11-15(3)4)21(31)12-17(6)22(25)32/h14-19H,7-13H2,1-6H3,(H2,25,32)(H,29,33)(H4,26,27,28)/t16-,17+,18+,19-/m0/s1. The number of nitrogens with one attached hydrogen (secondary N) is 1. The van der Waals surface area contributed by atoms with Crippen LogP contribution < -0.4 is 22.5 Å². The zero-order chi connectivity index (χ0) is 25.7. The van der Waals surface area contributed by atoms with E-state index in [0.717, 1.165) is 0 Å². The number of carbonyl (C=O) groups is 4. The largest absolute Gasteiger partial charge is 0.370 e. The third-order valence-corrected chi connectivity index (χ3v) is 5.62. The van der Waals surface area contributed by atoms with E-state index in [4.69, 9.17) is 17.2 Å². The number of nitrogens with zero attached hydrogens (tertiary/aromatic N) is 1. The van der Waals surface area contributed by atoms with Gasteiger partial charge in [-0.25, -0.2) is 0 Å². The molecule has 0 aromatic carbocycles. The number of ketones is 2. The van der Waals surface area contributed by atoms with Gasteiger partial charge in [0, 0.05) is 37.1 Å². The lowest BCUT2D eigenvalue weighted by atomic mass is 9.86. The van der Waals surface area contributed by atoms with E-state index in [0.29, 0.717) is 32.2 Å². The molecule has 0 fully saturated rings. The minimum absolute atomic E-state index is 0.00888. The molecule has 0 saturated heterocycles. The molecule has 0 radical (unpaired) electrons. The summed E-state index contributed by atoms with van der Waals surface area (Å²) in [5.41, 5.74) is 15.9. The number of carbonyl (C=O) groups excluding carboxylic acids is 4. The van der Waals surface area contributed by atoms with Crippen LogP contribution >= 0.6 is 0 Å². The molecule has 0 heterocycles. The van der Waals surface area contributed by atoms with Gasteiger partial charge < -0.3 is 22.5 Å². The topological polar surface area (TPSA) is 171 Å². The van der Waals surface area contributed by atoms with Gasteiger partial charge in [0.05, 0.1) is 6.04 Å². The van der Waals surface area contributed by atoms with Crippen LogP contribution in [0.5, 0.6) is 0 Å². The van der Waals surface area contributed by atoms with Gasteiger partial charge >= 0.3 is 0 Å². The summed E-state index contributed by atoms with van der Waals surface area (Å²) in [5.74, 6) is -1.99. The molecule has 2 amide bonds. The zero-order valence-corrected chi connectivity index (χ0v) is 21.2. The first-order valence-electron chi connectivity index (χ1n) is 11.9. The van der Waals surface area contributed by atoms with Crippen molar-refractivity contribution >= 4 is 29.3 Å². The number of primary amides is 1. The molecule has 190 valence electrons. The first kappa shape index (κ1) is 30.6. The van der Waals surface area contributed by atoms with E-state index in [1.54, 1.807) is 6.92 Å². The molecule has 0 spiro atoms. The number of nitrogens with two attached hydrogens (primary N) is 3. The fraction of sp³-hybridized carbons (Fsp3) is 0.792. The smallest absolute Gasteiger partial charge is 0.224 e. The molecule has 0 aliphatic heterocycles. The Hall–Kier alpha value is -2.45. The molecule has 4 atom stereocenters. The lowest BCUT2D eigenvalue weighted by Gasteiger charge is -2.25. The molecule has 0 aliphatic rings. The Kier molecular flexibility index (Phi) is 14.3. The molecule has 0 rings (SSSR count). The van der Waals surface area contributed by atoms with Gasteiger partial charge in [0.15, 0.2) is 11.7 Å². The van der Waals surface area contributed by atoms with E-state index in [1.807, 2.05) is 34.6 Å². The second-order valence-electron chi connectivity index (χ2n) is 10.0. The molecule has 9 nitrogen and oxygen atoms in total. The first-order chi connectivity index (χ1) is 15.2. The van der Waals surface area contributed by atoms with Crippen LogP contribution in [0.4, 0.5) is 0 Å². The van der Waals surface area contributed by atoms with E-state index in [9.17, 15) is 19.2 Å². The Morgan fingerprint density at radius 3 is 1.85 bits per heavy atom. The Balaban J connectivity index is 5.24. The highest BCUT2D eigenvalue weighted by molar-refractivity contribution is 5.94. The van der Waals surface area contributed by atoms with Gasteiger partial charge in [-0.15, -0.1) is 0 Å². The van der Waals surface area contributed by atoms with Gasteiger partial charge in [-0.3, -0.25) is 24.2 Å². The van der Waals surface area contributed by atoms with E-state index < -0.39 is 23.8 Å². The van der Waals surface area contributed by atoms with E-state index >= 15 is 0 Å². The maximum atomic E-state index is 13.1. The number of hydrogen-bond acceptors (Lipinski definition) is 5. The quantitative estimate of drug-likeness (QED) is 0.144. The Morgan fingerprint density at radius 2 is 1.36 bits per heavy atom. The minimum Gasteiger partial charge on any atom is -0.370 e. The van der Waals surface area contributed by atoms with Gasteiger partial charge in [0.25, 0.3) is 0 Å². The predicted molar refractivity (Wildman–Crippen MR) is 131 cm³/mol. The average Bonchev–Trinajstić information content (AvgIpc) is 2.68. The van der Waals surface area contributed by atoms with Gasteiger partial charge in [-0.05, 0) is 37.5 Å². The summed E-state index contributed by atoms with van der Waals surface area (Å²) in [5, 5.41) is 2.87. The van der Waals surface area contributed by atoms with E-state index in [-0.39, 0.29) is 54.0 Å². The summed E-state index contributed by atoms with van der Waals surface area (Å²) < 4.78 is 0. The molecule has 0 bridgehead atoms. The second kappa shape index (κ2) is 15.4. The zero-order valence-electron chi connectivity index (χ0n) is 21.2. The van der Waals surface area contributed by atoms with Crippen LogP contribution in [0, 0.1) is 29.6 Å². The summed E-state index contributed by atoms with van der Waals surface area (Å²) in [6.45, 7) is 11.8. The maximum Gasteiger partial charge on any atom is 0.224 e. The molecule has 0 saturated carbocycles. The van der Waals surface area contributed by atoms with Crippen molar-refractivity contribution in [3.8, 4) is 0 Å². The number of guanidine groups is 1. The molecule has 0 aromatic heterocycles. The first-order valence-corrected chi connectivity index (χ1v) is 11.9. The fourth-order valence-corrected chi connectivity index (χ4v) is 3.64. The maximum absolute atomic E-state index is 13.1. The number of amides is 2. The SMILES string of the molecule is CC(C)C[C@H](CC(=O)[C@@H](C)CCCN=C(N)N)C(=O)N[C@@H](CC(C)C)C(=O)C[C@@H](C)C(N)=O. The molecule has 33 heavy (non-hydrogen) atoms. The highest BCUT2D eigenvalue weighted by Crippen LogP contribution is 2.21. The van der Waals surface area contributed by atoms with Crippen LogP contribution in [0.2, 0.25) is 0 Å². The third kappa shape index (κ3) is 13.6. The number of aliphatic imine (C=N–C) groups is 1. The van der Waals surface area contributed by atoms with Gasteiger partial charge in [-0.1, -0.05) is 41.5 Å². The summed E-state index contributed by atoms with van der Waals surface area (Å²) in [4.78, 5) is 54.0. The highest BCUT2D eigenvalue weighted by Gasteiger charge is 2.30. The molecular weight excluding hydrogens is 422 g/mol. The van der Waals surface area contributed by atoms with Crippen LogP contribution in [0.15, 0.2) is 4.99 Å². The molecule has 9 heteroatoms. The van der Waals surface area contributed by atoms with Crippen molar-refractivity contribution in [3.63, 3.8) is 0 Å². The number of rotatable bonds is 17. The monoisotopic (exact) mass is 467 g/mol. The number of hydrogen-bond donors (Lipinski definition) is 4. The van der Waals surface area contributed by atoms with E-state index in [2.05, 4.69) is 10.3 Å². The van der Waals surface area contributed by atoms with Crippen LogP contribution in [0.25, 0.3) is 0 Å². The molecule has 7 N–H and O–H groups in total. The summed E-state index contributed by atoms with van der Waals surface area (Å²) in [6.07, 6.45) is 2.40. The third-order valence-electron chi connectivity index (χ3n) is 5.62. The lowest BCUT2D eigenvalue weighted by Crippen LogP contribution is -2.46. The Morgan fingerprint density at radius 1 is 0.788 bits per heavy atom. The Labute approximate surface area is 198 Å². The summed E-state index contributed by atoms with van der Waals surface area (Å²) >= 11 is 0. The van der Waals surface area contributed by atoms with Gasteiger partial charge in [0.2, 0.25) is 11.8 Å². The van der Waals surface area contributed by atoms with Crippen molar-refractivity contribution in [3.05, 3.63) is 0 Å². The molecular formula is C24H45N5O4. The fourth-order valence-electron chi connectivity index (χ4n) is 3.64. The van der Waals surface area contributed by atoms with Crippen molar-refractivity contribution in [1.82, 2.24) is 5.32 Å². The van der Waals surface area contributed by atoms with Crippen molar-refractivity contribution in [1.29, 1.82) is 0 Å². The van der Waals surface area contributed by atoms with Crippen LogP contribution in [0.1, 0.15) is 80.1 Å². The second-order valence-corrected chi connectivity index (χ2v) is 10.0. The average molecular weight is 468 g/mol. The van der Waals surface area contributed by atoms with Gasteiger partial charge in [-0.2, -0.15) is 0 Å². The van der Waals surface area contributed by atoms with Crippen molar-refractivity contribution in [2.45, 2.75) is 86.1 Å². The van der Waals surface area contributed by atoms with Crippen molar-refractivity contribution < 1.29 is 19.2 Å².